The van der Waals surface area contributed by atoms with E-state index < -0.39 is 0 Å². The molecule has 2 rings (SSSR count). The fraction of sp³-hybridized carbons (Fsp3) is 0.727. The van der Waals surface area contributed by atoms with E-state index in [1.54, 1.807) is 13.1 Å². The highest BCUT2D eigenvalue weighted by Gasteiger charge is 2.22. The third-order valence-corrected chi connectivity index (χ3v) is 3.20. The Morgan fingerprint density at radius 3 is 2.94 bits per heavy atom. The Balaban J connectivity index is 1.93. The van der Waals surface area contributed by atoms with Crippen molar-refractivity contribution in [3.63, 3.8) is 0 Å². The maximum absolute atomic E-state index is 11.9. The molecule has 6 heteroatoms. The van der Waals surface area contributed by atoms with Crippen molar-refractivity contribution in [1.29, 1.82) is 0 Å². The largest absolute Gasteiger partial charge is 0.390 e. The number of hydrogen-bond donors (Lipinski definition) is 2. The Morgan fingerprint density at radius 2 is 2.35 bits per heavy atom. The Bertz CT molecular complexity index is 385. The smallest absolute Gasteiger partial charge is 0.244 e. The first kappa shape index (κ1) is 12.0. The normalized spacial score (nSPS) is 18.2. The van der Waals surface area contributed by atoms with Crippen molar-refractivity contribution < 1.29 is 9.90 Å². The second-order valence-electron chi connectivity index (χ2n) is 4.51. The summed E-state index contributed by atoms with van der Waals surface area (Å²) >= 11 is 0. The molecule has 0 spiro atoms. The van der Waals surface area contributed by atoms with E-state index in [2.05, 4.69) is 15.6 Å². The summed E-state index contributed by atoms with van der Waals surface area (Å²) in [6.45, 7) is 1.62. The van der Waals surface area contributed by atoms with E-state index in [1.165, 1.54) is 17.5 Å². The molecule has 1 saturated carbocycles. The molecule has 1 heterocycles. The summed E-state index contributed by atoms with van der Waals surface area (Å²) in [6, 6.07) is -0.0748. The first-order valence-corrected chi connectivity index (χ1v) is 6.02. The summed E-state index contributed by atoms with van der Waals surface area (Å²) in [5.41, 5.74) is 0.477. The zero-order valence-corrected chi connectivity index (χ0v) is 9.96. The molecule has 6 nitrogen and oxygen atoms in total. The predicted molar refractivity (Wildman–Crippen MR) is 61.1 cm³/mol. The quantitative estimate of drug-likeness (QED) is 0.795. The van der Waals surface area contributed by atoms with Crippen LogP contribution in [0.5, 0.6) is 0 Å². The molecule has 94 valence electrons. The van der Waals surface area contributed by atoms with E-state index in [1.807, 2.05) is 0 Å². The number of aromatic nitrogens is 3. The van der Waals surface area contributed by atoms with Crippen LogP contribution in [0.25, 0.3) is 0 Å². The van der Waals surface area contributed by atoms with Gasteiger partial charge in [0.1, 0.15) is 11.7 Å². The molecular formula is C11H18N4O2. The zero-order valence-electron chi connectivity index (χ0n) is 9.96. The lowest BCUT2D eigenvalue weighted by atomic mass is 10.2. The second kappa shape index (κ2) is 5.27. The van der Waals surface area contributed by atoms with Gasteiger partial charge in [0.2, 0.25) is 5.91 Å². The van der Waals surface area contributed by atoms with Crippen molar-refractivity contribution in [3.8, 4) is 0 Å². The van der Waals surface area contributed by atoms with Crippen LogP contribution >= 0.6 is 0 Å². The predicted octanol–water partition coefficient (Wildman–Crippen LogP) is 0.390. The number of nitrogens with one attached hydrogen (secondary N) is 1. The standard InChI is InChI=1S/C11H18N4O2/c1-8(15-6-10(7-16)13-14-15)11(17)12-9-4-2-3-5-9/h6,8-9,16H,2-5,7H2,1H3,(H,12,17). The van der Waals surface area contributed by atoms with E-state index in [9.17, 15) is 4.79 Å². The van der Waals surface area contributed by atoms with Crippen LogP contribution in [0.15, 0.2) is 6.20 Å². The fourth-order valence-electron chi connectivity index (χ4n) is 2.09. The summed E-state index contributed by atoms with van der Waals surface area (Å²) in [7, 11) is 0. The number of amides is 1. The molecule has 1 aliphatic carbocycles. The molecule has 0 radical (unpaired) electrons. The van der Waals surface area contributed by atoms with E-state index >= 15 is 0 Å². The van der Waals surface area contributed by atoms with Gasteiger partial charge in [-0.3, -0.25) is 4.79 Å². The van der Waals surface area contributed by atoms with Gasteiger partial charge in [-0.2, -0.15) is 0 Å². The van der Waals surface area contributed by atoms with E-state index in [-0.39, 0.29) is 18.6 Å². The molecule has 1 unspecified atom stereocenters. The lowest BCUT2D eigenvalue weighted by molar-refractivity contribution is -0.124. The molecule has 1 amide bonds. The van der Waals surface area contributed by atoms with Gasteiger partial charge in [0.05, 0.1) is 12.8 Å². The minimum Gasteiger partial charge on any atom is -0.390 e. The Labute approximate surface area is 100 Å². The van der Waals surface area contributed by atoms with Crippen molar-refractivity contribution in [2.75, 3.05) is 0 Å². The van der Waals surface area contributed by atoms with Gasteiger partial charge in [-0.15, -0.1) is 5.10 Å². The number of carbonyl (C=O) groups excluding carboxylic acids is 1. The van der Waals surface area contributed by atoms with Gasteiger partial charge >= 0.3 is 0 Å². The van der Waals surface area contributed by atoms with Gasteiger partial charge in [0.25, 0.3) is 0 Å². The summed E-state index contributed by atoms with van der Waals surface area (Å²) < 4.78 is 1.48. The second-order valence-corrected chi connectivity index (χ2v) is 4.51. The van der Waals surface area contributed by atoms with Crippen molar-refractivity contribution in [3.05, 3.63) is 11.9 Å². The van der Waals surface area contributed by atoms with E-state index in [4.69, 9.17) is 5.11 Å². The third kappa shape index (κ3) is 2.82. The minimum atomic E-state index is -0.386. The molecular weight excluding hydrogens is 220 g/mol. The number of rotatable bonds is 4. The summed E-state index contributed by atoms with van der Waals surface area (Å²) in [5, 5.41) is 19.5. The Morgan fingerprint density at radius 1 is 1.65 bits per heavy atom. The molecule has 0 saturated heterocycles. The van der Waals surface area contributed by atoms with Gasteiger partial charge in [-0.05, 0) is 19.8 Å². The molecule has 0 bridgehead atoms. The van der Waals surface area contributed by atoms with Crippen molar-refractivity contribution in [1.82, 2.24) is 20.3 Å². The first-order valence-electron chi connectivity index (χ1n) is 6.02. The molecule has 1 fully saturated rings. The van der Waals surface area contributed by atoms with Crippen molar-refractivity contribution >= 4 is 5.91 Å². The van der Waals surface area contributed by atoms with E-state index in [0.29, 0.717) is 11.7 Å². The maximum Gasteiger partial charge on any atom is 0.244 e. The van der Waals surface area contributed by atoms with Crippen LogP contribution in [0.2, 0.25) is 0 Å². The average molecular weight is 238 g/mol. The van der Waals surface area contributed by atoms with Crippen LogP contribution in [-0.2, 0) is 11.4 Å². The lowest BCUT2D eigenvalue weighted by Gasteiger charge is -2.16. The number of carbonyl (C=O) groups is 1. The van der Waals surface area contributed by atoms with Crippen LogP contribution in [0.1, 0.15) is 44.3 Å². The molecule has 1 atom stereocenters. The number of aliphatic hydroxyl groups is 1. The van der Waals surface area contributed by atoms with Gasteiger partial charge in [-0.1, -0.05) is 18.1 Å². The van der Waals surface area contributed by atoms with Gasteiger partial charge < -0.3 is 10.4 Å². The minimum absolute atomic E-state index is 0.0358. The Hall–Kier alpha value is -1.43. The molecule has 0 aliphatic heterocycles. The monoisotopic (exact) mass is 238 g/mol. The van der Waals surface area contributed by atoms with E-state index in [0.717, 1.165) is 12.8 Å². The topological polar surface area (TPSA) is 80.0 Å². The Kier molecular flexibility index (Phi) is 3.73. The fourth-order valence-corrected chi connectivity index (χ4v) is 2.09. The van der Waals surface area contributed by atoms with Crippen molar-refractivity contribution in [2.45, 2.75) is 51.3 Å². The molecule has 1 aromatic rings. The van der Waals surface area contributed by atoms with Crippen LogP contribution in [0.3, 0.4) is 0 Å². The third-order valence-electron chi connectivity index (χ3n) is 3.20. The van der Waals surface area contributed by atoms with Crippen LogP contribution in [0, 0.1) is 0 Å². The van der Waals surface area contributed by atoms with Crippen LogP contribution in [0.4, 0.5) is 0 Å². The average Bonchev–Trinajstić information content (AvgIpc) is 2.98. The maximum atomic E-state index is 11.9. The molecule has 1 aromatic heterocycles. The van der Waals surface area contributed by atoms with Crippen molar-refractivity contribution in [2.24, 2.45) is 0 Å². The first-order chi connectivity index (χ1) is 8.20. The van der Waals surface area contributed by atoms with Crippen LogP contribution in [-0.4, -0.2) is 32.0 Å². The number of hydrogen-bond acceptors (Lipinski definition) is 4. The van der Waals surface area contributed by atoms with Gasteiger partial charge in [-0.25, -0.2) is 4.68 Å². The van der Waals surface area contributed by atoms with Gasteiger partial charge in [0, 0.05) is 6.04 Å². The summed E-state index contributed by atoms with van der Waals surface area (Å²) in [4.78, 5) is 11.9. The molecule has 2 N–H and O–H groups in total. The summed E-state index contributed by atoms with van der Waals surface area (Å²) in [5.74, 6) is -0.0358. The SMILES string of the molecule is CC(C(=O)NC1CCCC1)n1cc(CO)nn1. The molecule has 1 aliphatic rings. The lowest BCUT2D eigenvalue weighted by Crippen LogP contribution is -2.37. The van der Waals surface area contributed by atoms with Crippen LogP contribution < -0.4 is 5.32 Å². The summed E-state index contributed by atoms with van der Waals surface area (Å²) in [6.07, 6.45) is 6.11. The highest BCUT2D eigenvalue weighted by molar-refractivity contribution is 5.80. The molecule has 17 heavy (non-hydrogen) atoms. The van der Waals surface area contributed by atoms with Gasteiger partial charge in [0.15, 0.2) is 0 Å². The number of nitrogens with zero attached hydrogens (tertiary/aromatic N) is 3. The zero-order chi connectivity index (χ0) is 12.3. The molecule has 0 aromatic carbocycles. The highest BCUT2D eigenvalue weighted by Crippen LogP contribution is 2.18. The highest BCUT2D eigenvalue weighted by atomic mass is 16.3. The number of aliphatic hydroxyl groups excluding tert-OH is 1.